The molecule has 0 unspecified atom stereocenters. The van der Waals surface area contributed by atoms with Crippen LogP contribution in [0.4, 0.5) is 43.4 Å². The van der Waals surface area contributed by atoms with Crippen LogP contribution in [0.25, 0.3) is 89.8 Å². The molecule has 0 radical (unpaired) electrons. The number of anilines is 3. The molecule has 2 aliphatic carbocycles. The number of fused-ring (bicyclic) bond motifs is 10. The summed E-state index contributed by atoms with van der Waals surface area (Å²) in [5, 5.41) is 0. The van der Waals surface area contributed by atoms with Gasteiger partial charge in [0.05, 0.1) is 16.5 Å². The van der Waals surface area contributed by atoms with Crippen molar-refractivity contribution in [3.05, 3.63) is 300 Å². The standard InChI is InChI=1S/C72H44F6N4/c73-71(74,75)53-39-50(38-52(41-53)69-80-67(47-20-6-2-7-21-47)79-68(81-69)48-22-8-3-9-23-48)51-40-54(72(76,77)78)44-57(43-51)82(55-36-34-46(35-37-55)45-18-4-1-5-19-45)56-25-16-24-49(42-56)58-29-17-33-65-66(58)61-28-12-15-32-64(61)70(65)62-30-13-10-26-59(62)60-27-11-14-31-63(60)70/h1-44H. The largest absolute Gasteiger partial charge is 0.416 e. The van der Waals surface area contributed by atoms with Gasteiger partial charge < -0.3 is 4.90 Å². The van der Waals surface area contributed by atoms with Crippen molar-refractivity contribution >= 4 is 17.1 Å². The van der Waals surface area contributed by atoms with Crippen molar-refractivity contribution < 1.29 is 26.3 Å². The summed E-state index contributed by atoms with van der Waals surface area (Å²) in [6.45, 7) is 0. The van der Waals surface area contributed by atoms with Gasteiger partial charge in [0.15, 0.2) is 17.5 Å². The van der Waals surface area contributed by atoms with Gasteiger partial charge in [-0.25, -0.2) is 15.0 Å². The second kappa shape index (κ2) is 19.6. The van der Waals surface area contributed by atoms with Crippen LogP contribution in [0.5, 0.6) is 0 Å². The molecule has 0 bridgehead atoms. The van der Waals surface area contributed by atoms with Gasteiger partial charge in [-0.15, -0.1) is 0 Å². The fraction of sp³-hybridized carbons (Fsp3) is 0.0417. The van der Waals surface area contributed by atoms with Gasteiger partial charge in [-0.3, -0.25) is 0 Å². The minimum absolute atomic E-state index is 0.0630. The predicted molar refractivity (Wildman–Crippen MR) is 313 cm³/mol. The molecule has 0 aliphatic heterocycles. The zero-order chi connectivity index (χ0) is 55.7. The Morgan fingerprint density at radius 1 is 0.268 bits per heavy atom. The first-order valence-corrected chi connectivity index (χ1v) is 26.7. The Hall–Kier alpha value is -10.2. The van der Waals surface area contributed by atoms with Crippen LogP contribution < -0.4 is 4.90 Å². The normalized spacial score (nSPS) is 12.9. The molecule has 0 N–H and O–H groups in total. The Morgan fingerprint density at radius 3 is 1.24 bits per heavy atom. The van der Waals surface area contributed by atoms with Gasteiger partial charge in [-0.2, -0.15) is 26.3 Å². The average Bonchev–Trinajstić information content (AvgIpc) is 1.62. The molecule has 0 saturated heterocycles. The number of alkyl halides is 6. The molecule has 1 spiro atoms. The summed E-state index contributed by atoms with van der Waals surface area (Å²) in [5.74, 6) is 0.324. The van der Waals surface area contributed by atoms with E-state index in [9.17, 15) is 0 Å². The van der Waals surface area contributed by atoms with Crippen LogP contribution in [0.1, 0.15) is 33.4 Å². The van der Waals surface area contributed by atoms with Crippen LogP contribution in [0, 0.1) is 0 Å². The van der Waals surface area contributed by atoms with Gasteiger partial charge in [-0.1, -0.05) is 206 Å². The third-order valence-electron chi connectivity index (χ3n) is 15.7. The summed E-state index contributed by atoms with van der Waals surface area (Å²) < 4.78 is 92.6. The molecule has 11 aromatic carbocycles. The third-order valence-corrected chi connectivity index (χ3v) is 15.7. The SMILES string of the molecule is FC(F)(F)c1cc(-c2cc(N(c3ccc(-c4ccccc4)cc3)c3cccc(-c4cccc5c4-c4ccccc4C54c5ccccc5-c5ccccc54)c3)cc(C(F)(F)F)c2)cc(-c2nc(-c3ccccc3)nc(-c3ccccc3)n2)c1. The molecule has 394 valence electrons. The lowest BCUT2D eigenvalue weighted by Crippen LogP contribution is -2.25. The second-order valence-electron chi connectivity index (χ2n) is 20.5. The summed E-state index contributed by atoms with van der Waals surface area (Å²) in [6.07, 6.45) is -9.84. The fourth-order valence-corrected chi connectivity index (χ4v) is 12.2. The van der Waals surface area contributed by atoms with E-state index in [4.69, 9.17) is 15.0 Å². The summed E-state index contributed by atoms with van der Waals surface area (Å²) >= 11 is 0. The van der Waals surface area contributed by atoms with Crippen molar-refractivity contribution in [3.8, 4) is 89.8 Å². The van der Waals surface area contributed by atoms with Gasteiger partial charge in [0.2, 0.25) is 0 Å². The van der Waals surface area contributed by atoms with Crippen molar-refractivity contribution in [2.45, 2.75) is 17.8 Å². The van der Waals surface area contributed by atoms with E-state index in [2.05, 4.69) is 91.0 Å². The van der Waals surface area contributed by atoms with E-state index >= 15 is 26.3 Å². The van der Waals surface area contributed by atoms with E-state index in [0.29, 0.717) is 22.5 Å². The molecule has 10 heteroatoms. The van der Waals surface area contributed by atoms with E-state index in [1.54, 1.807) is 53.4 Å². The highest BCUT2D eigenvalue weighted by Crippen LogP contribution is 2.64. The van der Waals surface area contributed by atoms with Crippen molar-refractivity contribution in [2.24, 2.45) is 0 Å². The average molecular weight is 1080 g/mol. The van der Waals surface area contributed by atoms with Gasteiger partial charge in [0.1, 0.15) is 0 Å². The second-order valence-corrected chi connectivity index (χ2v) is 20.5. The number of halogens is 6. The van der Waals surface area contributed by atoms with Crippen LogP contribution >= 0.6 is 0 Å². The Kier molecular flexibility index (Phi) is 11.9. The number of hydrogen-bond donors (Lipinski definition) is 0. The fourth-order valence-electron chi connectivity index (χ4n) is 12.2. The topological polar surface area (TPSA) is 41.9 Å². The highest BCUT2D eigenvalue weighted by Gasteiger charge is 2.52. The van der Waals surface area contributed by atoms with Crippen LogP contribution in [0.2, 0.25) is 0 Å². The lowest BCUT2D eigenvalue weighted by Gasteiger charge is -2.30. The molecular weight excluding hydrogens is 1030 g/mol. The van der Waals surface area contributed by atoms with Crippen LogP contribution in [-0.4, -0.2) is 15.0 Å². The van der Waals surface area contributed by atoms with Gasteiger partial charge in [0, 0.05) is 33.8 Å². The molecule has 1 heterocycles. The molecule has 1 aromatic heterocycles. The molecule has 2 aliphatic rings. The maximum Gasteiger partial charge on any atom is 0.416 e. The lowest BCUT2D eigenvalue weighted by molar-refractivity contribution is -0.138. The predicted octanol–water partition coefficient (Wildman–Crippen LogP) is 19.7. The first-order valence-electron chi connectivity index (χ1n) is 26.7. The third kappa shape index (κ3) is 8.53. The van der Waals surface area contributed by atoms with E-state index in [1.807, 2.05) is 91.0 Å². The Labute approximate surface area is 469 Å². The monoisotopic (exact) mass is 1080 g/mol. The molecule has 82 heavy (non-hydrogen) atoms. The number of hydrogen-bond acceptors (Lipinski definition) is 4. The summed E-state index contributed by atoms with van der Waals surface area (Å²) in [5.41, 5.74) is 11.9. The lowest BCUT2D eigenvalue weighted by atomic mass is 9.70. The van der Waals surface area contributed by atoms with Crippen molar-refractivity contribution in [1.82, 2.24) is 15.0 Å². The highest BCUT2D eigenvalue weighted by molar-refractivity contribution is 6.00. The Balaban J connectivity index is 0.961. The molecule has 4 nitrogen and oxygen atoms in total. The van der Waals surface area contributed by atoms with Crippen molar-refractivity contribution in [3.63, 3.8) is 0 Å². The summed E-state index contributed by atoms with van der Waals surface area (Å²) in [7, 11) is 0. The van der Waals surface area contributed by atoms with Gasteiger partial charge >= 0.3 is 12.4 Å². The smallest absolute Gasteiger partial charge is 0.310 e. The maximum absolute atomic E-state index is 15.6. The van der Waals surface area contributed by atoms with Crippen molar-refractivity contribution in [2.75, 3.05) is 4.90 Å². The van der Waals surface area contributed by atoms with Crippen LogP contribution in [-0.2, 0) is 17.8 Å². The molecule has 12 aromatic rings. The van der Waals surface area contributed by atoms with E-state index in [0.717, 1.165) is 68.8 Å². The van der Waals surface area contributed by atoms with E-state index in [-0.39, 0.29) is 39.9 Å². The highest BCUT2D eigenvalue weighted by atomic mass is 19.4. The number of rotatable bonds is 9. The summed E-state index contributed by atoms with van der Waals surface area (Å²) in [4.78, 5) is 15.8. The molecule has 0 amide bonds. The van der Waals surface area contributed by atoms with Crippen LogP contribution in [0.15, 0.2) is 267 Å². The summed E-state index contributed by atoms with van der Waals surface area (Å²) in [6, 6.07) is 81.6. The zero-order valence-electron chi connectivity index (χ0n) is 43.5. The molecular formula is C72H44F6N4. The Morgan fingerprint density at radius 2 is 0.671 bits per heavy atom. The molecule has 0 fully saturated rings. The minimum Gasteiger partial charge on any atom is -0.310 e. The maximum atomic E-state index is 15.6. The zero-order valence-corrected chi connectivity index (χ0v) is 43.5. The van der Waals surface area contributed by atoms with E-state index in [1.165, 1.54) is 34.4 Å². The van der Waals surface area contributed by atoms with Gasteiger partial charge in [0.25, 0.3) is 0 Å². The van der Waals surface area contributed by atoms with Crippen molar-refractivity contribution in [1.29, 1.82) is 0 Å². The molecule has 14 rings (SSSR count). The molecule has 0 atom stereocenters. The van der Waals surface area contributed by atoms with Gasteiger partial charge in [-0.05, 0) is 139 Å². The quantitative estimate of drug-likeness (QED) is 0.135. The first-order chi connectivity index (χ1) is 39.9. The Bertz CT molecular complexity index is 4320. The number of aromatic nitrogens is 3. The number of nitrogens with zero attached hydrogens (tertiary/aromatic N) is 4. The number of benzene rings is 11. The minimum atomic E-state index is -4.92. The van der Waals surface area contributed by atoms with Crippen LogP contribution in [0.3, 0.4) is 0 Å². The van der Waals surface area contributed by atoms with E-state index < -0.39 is 28.9 Å². The first kappa shape index (κ1) is 50.1. The molecule has 0 saturated carbocycles.